The van der Waals surface area contributed by atoms with Gasteiger partial charge in [0.1, 0.15) is 5.78 Å². The minimum atomic E-state index is -1.39. The van der Waals surface area contributed by atoms with Crippen molar-refractivity contribution in [3.05, 3.63) is 11.6 Å². The normalized spacial score (nSPS) is 49.7. The largest absolute Gasteiger partial charge is 0.466 e. The highest BCUT2D eigenvalue weighted by molar-refractivity contribution is 6.00. The Morgan fingerprint density at radius 2 is 2.04 bits per heavy atom. The summed E-state index contributed by atoms with van der Waals surface area (Å²) in [5, 5.41) is 11.7. The number of esters is 1. The minimum Gasteiger partial charge on any atom is -0.466 e. The molecule has 0 aromatic heterocycles. The van der Waals surface area contributed by atoms with E-state index in [9.17, 15) is 14.7 Å². The van der Waals surface area contributed by atoms with Crippen molar-refractivity contribution in [3.8, 4) is 0 Å². The summed E-state index contributed by atoms with van der Waals surface area (Å²) in [5.41, 5.74) is -1.06. The molecule has 2 saturated carbocycles. The molecule has 0 radical (unpaired) electrons. The topological polar surface area (TPSA) is 72.8 Å². The molecule has 4 aliphatic rings. The number of carbonyl (C=O) groups excluding carboxylic acids is 2. The van der Waals surface area contributed by atoms with Crippen molar-refractivity contribution in [1.29, 1.82) is 0 Å². The fourth-order valence-electron chi connectivity index (χ4n) is 6.57. The summed E-state index contributed by atoms with van der Waals surface area (Å²) in [7, 11) is 1.35. The van der Waals surface area contributed by atoms with Gasteiger partial charge in [0.15, 0.2) is 5.79 Å². The lowest BCUT2D eigenvalue weighted by Gasteiger charge is -2.54. The fourth-order valence-corrected chi connectivity index (χ4v) is 6.57. The van der Waals surface area contributed by atoms with Gasteiger partial charge in [-0.2, -0.15) is 0 Å². The molecule has 1 saturated heterocycles. The predicted octanol–water partition coefficient (Wildman–Crippen LogP) is 2.86. The number of rotatable bonds is 2. The van der Waals surface area contributed by atoms with E-state index < -0.39 is 28.7 Å². The summed E-state index contributed by atoms with van der Waals surface area (Å²) < 4.78 is 11.5. The van der Waals surface area contributed by atoms with Crippen LogP contribution < -0.4 is 0 Å². The van der Waals surface area contributed by atoms with Gasteiger partial charge in [-0.15, -0.1) is 0 Å². The zero-order chi connectivity index (χ0) is 19.1. The monoisotopic (exact) mass is 362 g/mol. The van der Waals surface area contributed by atoms with Gasteiger partial charge >= 0.3 is 5.97 Å². The van der Waals surface area contributed by atoms with Crippen LogP contribution >= 0.6 is 0 Å². The molecule has 4 rings (SSSR count). The number of hydrogen-bond donors (Lipinski definition) is 1. The summed E-state index contributed by atoms with van der Waals surface area (Å²) >= 11 is 0. The maximum absolute atomic E-state index is 13.5. The number of carbonyl (C=O) groups is 2. The Morgan fingerprint density at radius 3 is 2.65 bits per heavy atom. The number of Topliss-reactive ketones (excluding diaryl/α,β-unsaturated/α-hetero) is 1. The smallest absolute Gasteiger partial charge is 0.334 e. The van der Waals surface area contributed by atoms with Gasteiger partial charge in [0.2, 0.25) is 0 Å². The number of ether oxygens (including phenoxy) is 2. The number of ketones is 1. The first kappa shape index (κ1) is 18.2. The van der Waals surface area contributed by atoms with Gasteiger partial charge in [0.05, 0.1) is 18.6 Å². The van der Waals surface area contributed by atoms with Crippen LogP contribution in [0.15, 0.2) is 11.6 Å². The highest BCUT2D eigenvalue weighted by Gasteiger charge is 2.77. The van der Waals surface area contributed by atoms with E-state index in [4.69, 9.17) is 9.47 Å². The van der Waals surface area contributed by atoms with E-state index in [1.54, 1.807) is 0 Å². The van der Waals surface area contributed by atoms with Crippen LogP contribution in [0.2, 0.25) is 0 Å². The molecular weight excluding hydrogens is 332 g/mol. The Balaban J connectivity index is 1.95. The molecule has 26 heavy (non-hydrogen) atoms. The average Bonchev–Trinajstić information content (AvgIpc) is 2.72. The zero-order valence-corrected chi connectivity index (χ0v) is 16.4. The molecule has 0 spiro atoms. The first-order valence-electron chi connectivity index (χ1n) is 9.87. The summed E-state index contributed by atoms with van der Waals surface area (Å²) in [6, 6.07) is 0. The van der Waals surface area contributed by atoms with Gasteiger partial charge in [0, 0.05) is 29.2 Å². The molecule has 3 fully saturated rings. The maximum atomic E-state index is 13.5. The van der Waals surface area contributed by atoms with Crippen LogP contribution in [0.3, 0.4) is 0 Å². The van der Waals surface area contributed by atoms with Crippen molar-refractivity contribution in [2.75, 3.05) is 7.11 Å². The number of hydrogen-bond acceptors (Lipinski definition) is 5. The highest BCUT2D eigenvalue weighted by Crippen LogP contribution is 2.71. The van der Waals surface area contributed by atoms with Crippen LogP contribution in [0.4, 0.5) is 0 Å². The molecule has 144 valence electrons. The third kappa shape index (κ3) is 1.99. The van der Waals surface area contributed by atoms with Crippen molar-refractivity contribution in [2.45, 2.75) is 64.8 Å². The van der Waals surface area contributed by atoms with Crippen molar-refractivity contribution >= 4 is 11.8 Å². The molecule has 3 aliphatic carbocycles. The van der Waals surface area contributed by atoms with Crippen LogP contribution in [-0.4, -0.2) is 35.4 Å². The SMILES string of the molecule is COC(=O)C1=C[C@]23C[C@@H](C)CC[C@@H]2[C@]2(C)[C@H]1C(=O)[C@@H](C(C)C)C[C@]2(O)O3. The molecule has 5 heteroatoms. The van der Waals surface area contributed by atoms with Crippen molar-refractivity contribution < 1.29 is 24.2 Å². The van der Waals surface area contributed by atoms with Gasteiger partial charge < -0.3 is 14.6 Å². The van der Waals surface area contributed by atoms with Gasteiger partial charge in [0.25, 0.3) is 0 Å². The quantitative estimate of drug-likeness (QED) is 0.765. The molecule has 5 nitrogen and oxygen atoms in total. The Kier molecular flexibility index (Phi) is 3.79. The predicted molar refractivity (Wildman–Crippen MR) is 94.9 cm³/mol. The number of aliphatic hydroxyl groups is 1. The van der Waals surface area contributed by atoms with Gasteiger partial charge in [-0.25, -0.2) is 4.79 Å². The Labute approximate surface area is 155 Å². The van der Waals surface area contributed by atoms with Crippen LogP contribution in [0.1, 0.15) is 53.4 Å². The minimum absolute atomic E-state index is 0.0478. The van der Waals surface area contributed by atoms with E-state index in [-0.39, 0.29) is 23.5 Å². The van der Waals surface area contributed by atoms with E-state index in [1.165, 1.54) is 7.11 Å². The van der Waals surface area contributed by atoms with E-state index in [2.05, 4.69) is 6.92 Å². The first-order valence-corrected chi connectivity index (χ1v) is 9.87. The zero-order valence-electron chi connectivity index (χ0n) is 16.4. The molecule has 0 amide bonds. The van der Waals surface area contributed by atoms with E-state index in [0.29, 0.717) is 17.9 Å². The third-order valence-corrected chi connectivity index (χ3v) is 7.81. The van der Waals surface area contributed by atoms with Crippen LogP contribution in [0.5, 0.6) is 0 Å². The highest BCUT2D eigenvalue weighted by atomic mass is 16.7. The molecule has 0 aromatic rings. The second-order valence-corrected chi connectivity index (χ2v) is 9.54. The second-order valence-electron chi connectivity index (χ2n) is 9.54. The lowest BCUT2D eigenvalue weighted by Crippen LogP contribution is -2.62. The molecule has 1 N–H and O–H groups in total. The van der Waals surface area contributed by atoms with Crippen molar-refractivity contribution in [1.82, 2.24) is 0 Å². The molecule has 1 aliphatic heterocycles. The van der Waals surface area contributed by atoms with Gasteiger partial charge in [-0.3, -0.25) is 4.79 Å². The van der Waals surface area contributed by atoms with E-state index in [0.717, 1.165) is 19.3 Å². The van der Waals surface area contributed by atoms with E-state index in [1.807, 2.05) is 26.8 Å². The average molecular weight is 362 g/mol. The van der Waals surface area contributed by atoms with Gasteiger partial charge in [-0.1, -0.05) is 34.1 Å². The Bertz CT molecular complexity index is 697. The standard InChI is InChI=1S/C21H30O5/c1-11(2)13-10-21(24)19(4)15-7-6-12(3)8-20(15,26-21)9-14(18(23)25-5)16(19)17(13)22/h9,11-13,15-16,24H,6-8,10H2,1-5H3/t12-,13+,15+,16+,19+,20+,21-/m0/s1. The lowest BCUT2D eigenvalue weighted by atomic mass is 9.46. The van der Waals surface area contributed by atoms with Crippen molar-refractivity contribution in [2.24, 2.45) is 35.0 Å². The number of methoxy groups -OCH3 is 1. The summed E-state index contributed by atoms with van der Waals surface area (Å²) in [6.45, 7) is 8.13. The second kappa shape index (κ2) is 5.41. The molecular formula is C21H30O5. The lowest BCUT2D eigenvalue weighted by molar-refractivity contribution is -0.272. The first-order chi connectivity index (χ1) is 12.1. The molecule has 2 bridgehead atoms. The van der Waals surface area contributed by atoms with Crippen molar-refractivity contribution in [3.63, 3.8) is 0 Å². The van der Waals surface area contributed by atoms with Gasteiger partial charge in [-0.05, 0) is 30.8 Å². The molecule has 1 heterocycles. The third-order valence-electron chi connectivity index (χ3n) is 7.81. The maximum Gasteiger partial charge on any atom is 0.334 e. The summed E-state index contributed by atoms with van der Waals surface area (Å²) in [6.07, 6.45) is 4.89. The van der Waals surface area contributed by atoms with E-state index >= 15 is 0 Å². The molecule has 7 atom stereocenters. The fraction of sp³-hybridized carbons (Fsp3) is 0.810. The molecule has 0 aromatic carbocycles. The van der Waals surface area contributed by atoms with Crippen LogP contribution in [0, 0.1) is 35.0 Å². The summed E-state index contributed by atoms with van der Waals surface area (Å²) in [5.74, 6) is -2.20. The Hall–Kier alpha value is -1.20. The van der Waals surface area contributed by atoms with Crippen LogP contribution in [0.25, 0.3) is 0 Å². The summed E-state index contributed by atoms with van der Waals surface area (Å²) in [4.78, 5) is 26.1. The Morgan fingerprint density at radius 1 is 1.35 bits per heavy atom. The van der Waals surface area contributed by atoms with Crippen LogP contribution in [-0.2, 0) is 19.1 Å². The molecule has 0 unspecified atom stereocenters.